The average Bonchev–Trinajstić information content (AvgIpc) is 2.60. The van der Waals surface area contributed by atoms with Gasteiger partial charge in [0.2, 0.25) is 0 Å². The molecule has 1 aliphatic heterocycles. The van der Waals surface area contributed by atoms with Gasteiger partial charge in [-0.2, -0.15) is 0 Å². The molecule has 1 aliphatic rings. The first-order valence-electron chi connectivity index (χ1n) is 7.94. The number of aliphatic hydroxyl groups is 1. The van der Waals surface area contributed by atoms with Gasteiger partial charge in [-0.1, -0.05) is 54.6 Å². The molecular formula is C18H18BNO5. The lowest BCUT2D eigenvalue weighted by Gasteiger charge is -2.25. The Kier molecular flexibility index (Phi) is 5.16. The molecule has 0 aliphatic carbocycles. The minimum atomic E-state index is -1.35. The summed E-state index contributed by atoms with van der Waals surface area (Å²) < 4.78 is 10.2. The van der Waals surface area contributed by atoms with E-state index in [4.69, 9.17) is 9.31 Å². The van der Waals surface area contributed by atoms with Crippen LogP contribution in [-0.2, 0) is 18.9 Å². The minimum absolute atomic E-state index is 0.0364. The molecule has 1 N–H and O–H groups in total. The highest BCUT2D eigenvalue weighted by atomic mass is 16.6. The van der Waals surface area contributed by atoms with Crippen molar-refractivity contribution in [1.82, 2.24) is 4.90 Å². The van der Waals surface area contributed by atoms with Gasteiger partial charge in [-0.05, 0) is 23.7 Å². The topological polar surface area (TPSA) is 76.1 Å². The van der Waals surface area contributed by atoms with E-state index in [2.05, 4.69) is 0 Å². The summed E-state index contributed by atoms with van der Waals surface area (Å²) in [5.74, 6) is -1.11. The Hall–Kier alpha value is -2.64. The third-order valence-corrected chi connectivity index (χ3v) is 3.91. The number of carbonyl (C=O) groups is 2. The number of aliphatic hydroxyl groups excluding tert-OH is 1. The van der Waals surface area contributed by atoms with Crippen molar-refractivity contribution in [3.8, 4) is 11.1 Å². The van der Waals surface area contributed by atoms with Gasteiger partial charge in [-0.3, -0.25) is 14.5 Å². The molecule has 1 fully saturated rings. The number of carbonyl (C=O) groups excluding carboxylic acids is 2. The molecular weight excluding hydrogens is 321 g/mol. The van der Waals surface area contributed by atoms with E-state index in [0.29, 0.717) is 5.56 Å². The van der Waals surface area contributed by atoms with Crippen molar-refractivity contribution in [1.29, 1.82) is 0 Å². The van der Waals surface area contributed by atoms with Gasteiger partial charge >= 0.3 is 19.1 Å². The van der Waals surface area contributed by atoms with Gasteiger partial charge in [0, 0.05) is 0 Å². The van der Waals surface area contributed by atoms with Crippen LogP contribution in [0.1, 0.15) is 11.6 Å². The molecule has 0 amide bonds. The Labute approximate surface area is 146 Å². The summed E-state index contributed by atoms with van der Waals surface area (Å²) in [6.07, 6.45) is 0. The quantitative estimate of drug-likeness (QED) is 0.853. The number of nitrogens with zero attached hydrogens (tertiary/aromatic N) is 1. The van der Waals surface area contributed by atoms with Crippen LogP contribution in [0.4, 0.5) is 0 Å². The molecule has 0 aromatic heterocycles. The van der Waals surface area contributed by atoms with Crippen LogP contribution in [0.2, 0.25) is 0 Å². The fourth-order valence-electron chi connectivity index (χ4n) is 2.64. The van der Waals surface area contributed by atoms with Crippen LogP contribution in [0.3, 0.4) is 0 Å². The van der Waals surface area contributed by atoms with E-state index in [9.17, 15) is 14.7 Å². The normalized spacial score (nSPS) is 17.3. The summed E-state index contributed by atoms with van der Waals surface area (Å²) >= 11 is 0. The zero-order chi connectivity index (χ0) is 17.8. The van der Waals surface area contributed by atoms with Gasteiger partial charge in [0.15, 0.2) is 0 Å². The lowest BCUT2D eigenvalue weighted by molar-refractivity contribution is -0.146. The van der Waals surface area contributed by atoms with E-state index in [1.165, 1.54) is 4.90 Å². The maximum atomic E-state index is 11.8. The first-order chi connectivity index (χ1) is 12.0. The Morgan fingerprint density at radius 2 is 1.44 bits per heavy atom. The summed E-state index contributed by atoms with van der Waals surface area (Å²) in [6.45, 7) is -0.0729. The molecule has 0 saturated carbocycles. The zero-order valence-corrected chi connectivity index (χ0v) is 13.8. The molecule has 2 aromatic rings. The van der Waals surface area contributed by atoms with E-state index in [-0.39, 0.29) is 13.1 Å². The molecule has 1 atom stereocenters. The Morgan fingerprint density at radius 1 is 0.920 bits per heavy atom. The van der Waals surface area contributed by atoms with Crippen LogP contribution in [0.5, 0.6) is 0 Å². The maximum Gasteiger partial charge on any atom is 0.634 e. The summed E-state index contributed by atoms with van der Waals surface area (Å²) in [7, 11) is 0.262. The Morgan fingerprint density at radius 3 is 2.00 bits per heavy atom. The fourth-order valence-corrected chi connectivity index (χ4v) is 2.64. The van der Waals surface area contributed by atoms with Crippen LogP contribution >= 0.6 is 0 Å². The maximum absolute atomic E-state index is 11.8. The number of hydrogen-bond acceptors (Lipinski definition) is 6. The van der Waals surface area contributed by atoms with E-state index < -0.39 is 25.1 Å². The van der Waals surface area contributed by atoms with Gasteiger partial charge in [-0.15, -0.1) is 0 Å². The van der Waals surface area contributed by atoms with Gasteiger partial charge in [0.25, 0.3) is 0 Å². The van der Waals surface area contributed by atoms with Crippen molar-refractivity contribution in [2.45, 2.75) is 6.00 Å². The molecule has 128 valence electrons. The van der Waals surface area contributed by atoms with Crippen molar-refractivity contribution in [2.24, 2.45) is 0 Å². The molecule has 1 heterocycles. The predicted octanol–water partition coefficient (Wildman–Crippen LogP) is 1.45. The van der Waals surface area contributed by atoms with Crippen molar-refractivity contribution < 1.29 is 24.0 Å². The number of benzene rings is 2. The van der Waals surface area contributed by atoms with Gasteiger partial charge < -0.3 is 14.4 Å². The van der Waals surface area contributed by atoms with Crippen molar-refractivity contribution in [3.63, 3.8) is 0 Å². The van der Waals surface area contributed by atoms with Crippen molar-refractivity contribution >= 4 is 19.1 Å². The van der Waals surface area contributed by atoms with E-state index in [1.807, 2.05) is 42.5 Å². The molecule has 2 aromatic carbocycles. The summed E-state index contributed by atoms with van der Waals surface area (Å²) in [6, 6.07) is 15.7. The van der Waals surface area contributed by atoms with Gasteiger partial charge in [-0.25, -0.2) is 0 Å². The molecule has 1 saturated heterocycles. The van der Waals surface area contributed by atoms with E-state index in [1.54, 1.807) is 19.2 Å². The number of rotatable bonds is 3. The lowest BCUT2D eigenvalue weighted by atomic mass is 9.76. The highest BCUT2D eigenvalue weighted by molar-refractivity contribution is 6.50. The highest BCUT2D eigenvalue weighted by Crippen LogP contribution is 2.24. The highest BCUT2D eigenvalue weighted by Gasteiger charge is 2.39. The van der Waals surface area contributed by atoms with E-state index in [0.717, 1.165) is 11.1 Å². The fraction of sp³-hybridized carbons (Fsp3) is 0.222. The van der Waals surface area contributed by atoms with E-state index >= 15 is 0 Å². The Balaban J connectivity index is 1.76. The average molecular weight is 339 g/mol. The first kappa shape index (κ1) is 17.2. The third-order valence-electron chi connectivity index (χ3n) is 3.91. The smallest absolute Gasteiger partial charge is 0.496 e. The molecule has 3 rings (SSSR count). The summed E-state index contributed by atoms with van der Waals surface area (Å²) in [5.41, 5.74) is 2.54. The third kappa shape index (κ3) is 4.26. The van der Waals surface area contributed by atoms with Crippen LogP contribution in [0.15, 0.2) is 54.6 Å². The second kappa shape index (κ2) is 7.50. The summed E-state index contributed by atoms with van der Waals surface area (Å²) in [5, 5.41) is 10.5. The van der Waals surface area contributed by atoms with Gasteiger partial charge in [0.1, 0.15) is 6.00 Å². The molecule has 0 spiro atoms. The second-order valence-electron chi connectivity index (χ2n) is 5.95. The molecule has 1 unspecified atom stereocenters. The van der Waals surface area contributed by atoms with Crippen molar-refractivity contribution in [2.75, 3.05) is 20.1 Å². The predicted molar refractivity (Wildman–Crippen MR) is 92.3 cm³/mol. The monoisotopic (exact) mass is 339 g/mol. The van der Waals surface area contributed by atoms with Crippen molar-refractivity contribution in [3.05, 3.63) is 60.2 Å². The van der Waals surface area contributed by atoms with Crippen LogP contribution in [0, 0.1) is 0 Å². The molecule has 0 radical (unpaired) electrons. The zero-order valence-electron chi connectivity index (χ0n) is 13.8. The molecule has 0 bridgehead atoms. The SMILES string of the molecule is CN1CC(=O)OB(C(O)c2ccc(-c3ccccc3)cc2)OC(=O)C1. The Bertz CT molecular complexity index is 730. The standard InChI is InChI=1S/C18H18BNO5/c1-20-11-16(21)24-19(25-17(22)12-20)18(23)15-9-7-14(8-10-15)13-5-3-2-4-6-13/h2-10,18,23H,11-12H2,1H3. The minimum Gasteiger partial charge on any atom is -0.496 e. The van der Waals surface area contributed by atoms with Crippen LogP contribution in [-0.4, -0.2) is 49.2 Å². The molecule has 7 heteroatoms. The van der Waals surface area contributed by atoms with Crippen LogP contribution in [0.25, 0.3) is 11.1 Å². The summed E-state index contributed by atoms with van der Waals surface area (Å²) in [4.78, 5) is 25.0. The largest absolute Gasteiger partial charge is 0.634 e. The number of likely N-dealkylation sites (N-methyl/N-ethyl adjacent to an activating group) is 1. The lowest BCUT2D eigenvalue weighted by Crippen LogP contribution is -2.45. The first-order valence-corrected chi connectivity index (χ1v) is 7.94. The second-order valence-corrected chi connectivity index (χ2v) is 5.95. The van der Waals surface area contributed by atoms with Crippen LogP contribution < -0.4 is 0 Å². The number of hydrogen-bond donors (Lipinski definition) is 1. The molecule has 6 nitrogen and oxygen atoms in total. The molecule has 25 heavy (non-hydrogen) atoms. The van der Waals surface area contributed by atoms with Gasteiger partial charge in [0.05, 0.1) is 13.1 Å².